The lowest BCUT2D eigenvalue weighted by atomic mass is 10.2. The molecule has 7 nitrogen and oxygen atoms in total. The van der Waals surface area contributed by atoms with E-state index in [1.165, 1.54) is 12.4 Å². The normalized spacial score (nSPS) is 13.4. The zero-order chi connectivity index (χ0) is 12.9. The summed E-state index contributed by atoms with van der Waals surface area (Å²) in [5.41, 5.74) is 2.23. The number of hydrogen-bond donors (Lipinski definition) is 3. The van der Waals surface area contributed by atoms with E-state index in [0.717, 1.165) is 12.8 Å². The fraction of sp³-hybridized carbons (Fsp3) is 0.556. The predicted octanol–water partition coefficient (Wildman–Crippen LogP) is 0.229. The van der Waals surface area contributed by atoms with Crippen LogP contribution in [-0.4, -0.2) is 24.4 Å². The number of sulfonamides is 1. The number of nitrogen functional groups attached to an aromatic ring is 1. The lowest BCUT2D eigenvalue weighted by molar-refractivity contribution is 0.543. The molecule has 0 saturated heterocycles. The molecule has 0 amide bonds. The lowest BCUT2D eigenvalue weighted by Gasteiger charge is -2.12. The van der Waals surface area contributed by atoms with Gasteiger partial charge in [0.2, 0.25) is 16.0 Å². The first kappa shape index (κ1) is 13.8. The molecular weight excluding hydrogens is 242 g/mol. The van der Waals surface area contributed by atoms with E-state index in [1.54, 1.807) is 0 Å². The summed E-state index contributed by atoms with van der Waals surface area (Å²) >= 11 is 0. The van der Waals surface area contributed by atoms with Crippen LogP contribution >= 0.6 is 0 Å². The smallest absolute Gasteiger partial charge is 0.243 e. The Kier molecular flexibility index (Phi) is 4.79. The Bertz CT molecular complexity index is 445. The molecule has 0 radical (unpaired) electrons. The van der Waals surface area contributed by atoms with Gasteiger partial charge in [0.1, 0.15) is 4.90 Å². The molecule has 1 rings (SSSR count). The summed E-state index contributed by atoms with van der Waals surface area (Å²) in [6.45, 7) is 3.81. The largest absolute Gasteiger partial charge is 0.292 e. The summed E-state index contributed by atoms with van der Waals surface area (Å²) in [5, 5.41) is 0. The van der Waals surface area contributed by atoms with Crippen molar-refractivity contribution in [2.75, 3.05) is 5.43 Å². The van der Waals surface area contributed by atoms with Gasteiger partial charge in [-0.1, -0.05) is 13.3 Å². The third-order valence-corrected chi connectivity index (χ3v) is 3.69. The second-order valence-corrected chi connectivity index (χ2v) is 5.41. The van der Waals surface area contributed by atoms with Crippen molar-refractivity contribution in [2.24, 2.45) is 5.84 Å². The molecule has 1 atom stereocenters. The third-order valence-electron chi connectivity index (χ3n) is 2.15. The topological polar surface area (TPSA) is 110 Å². The minimum Gasteiger partial charge on any atom is -0.292 e. The number of nitrogens with two attached hydrogens (primary N) is 1. The van der Waals surface area contributed by atoms with Crippen LogP contribution in [0.2, 0.25) is 0 Å². The molecule has 17 heavy (non-hydrogen) atoms. The highest BCUT2D eigenvalue weighted by Crippen LogP contribution is 2.08. The highest BCUT2D eigenvalue weighted by molar-refractivity contribution is 7.89. The average molecular weight is 259 g/mol. The summed E-state index contributed by atoms with van der Waals surface area (Å²) < 4.78 is 26.3. The van der Waals surface area contributed by atoms with Gasteiger partial charge in [-0.25, -0.2) is 29.0 Å². The standard InChI is InChI=1S/C9H17N5O2S/c1-3-4-7(2)14-17(15,16)8-5-11-9(13-10)12-6-8/h5-7,14H,3-4,10H2,1-2H3,(H,11,12,13). The van der Waals surface area contributed by atoms with E-state index in [1.807, 2.05) is 13.8 Å². The van der Waals surface area contributed by atoms with E-state index < -0.39 is 10.0 Å². The number of hydrazine groups is 1. The second-order valence-electron chi connectivity index (χ2n) is 3.70. The Labute approximate surface area is 101 Å². The van der Waals surface area contributed by atoms with Gasteiger partial charge in [-0.15, -0.1) is 0 Å². The van der Waals surface area contributed by atoms with Gasteiger partial charge in [0.25, 0.3) is 0 Å². The molecule has 0 aromatic carbocycles. The maximum atomic E-state index is 11.9. The highest BCUT2D eigenvalue weighted by Gasteiger charge is 2.17. The van der Waals surface area contributed by atoms with Crippen molar-refractivity contribution in [2.45, 2.75) is 37.6 Å². The van der Waals surface area contributed by atoms with Gasteiger partial charge in [0.05, 0.1) is 12.4 Å². The van der Waals surface area contributed by atoms with E-state index >= 15 is 0 Å². The van der Waals surface area contributed by atoms with Crippen LogP contribution in [0.3, 0.4) is 0 Å². The molecule has 1 heterocycles. The first-order chi connectivity index (χ1) is 7.99. The number of hydrogen-bond acceptors (Lipinski definition) is 6. The number of nitrogens with one attached hydrogen (secondary N) is 2. The zero-order valence-corrected chi connectivity index (χ0v) is 10.7. The van der Waals surface area contributed by atoms with E-state index in [0.29, 0.717) is 0 Å². The van der Waals surface area contributed by atoms with Crippen LogP contribution in [0.1, 0.15) is 26.7 Å². The molecule has 8 heteroatoms. The zero-order valence-electron chi connectivity index (χ0n) is 9.84. The van der Waals surface area contributed by atoms with Crippen LogP contribution < -0.4 is 16.0 Å². The number of rotatable bonds is 6. The van der Waals surface area contributed by atoms with E-state index in [-0.39, 0.29) is 16.9 Å². The van der Waals surface area contributed by atoms with Crippen LogP contribution in [0.25, 0.3) is 0 Å². The monoisotopic (exact) mass is 259 g/mol. The molecule has 0 bridgehead atoms. The highest BCUT2D eigenvalue weighted by atomic mass is 32.2. The molecule has 0 saturated carbocycles. The Balaban J connectivity index is 2.82. The number of anilines is 1. The molecule has 96 valence electrons. The molecule has 0 aliphatic rings. The maximum absolute atomic E-state index is 11.9. The number of nitrogens with zero attached hydrogens (tertiary/aromatic N) is 2. The Morgan fingerprint density at radius 1 is 1.41 bits per heavy atom. The van der Waals surface area contributed by atoms with Gasteiger partial charge in [0.15, 0.2) is 0 Å². The SMILES string of the molecule is CCCC(C)NS(=O)(=O)c1cnc(NN)nc1. The summed E-state index contributed by atoms with van der Waals surface area (Å²) in [7, 11) is -3.55. The third kappa shape index (κ3) is 3.91. The van der Waals surface area contributed by atoms with E-state index in [2.05, 4.69) is 20.1 Å². The molecular formula is C9H17N5O2S. The van der Waals surface area contributed by atoms with E-state index in [4.69, 9.17) is 5.84 Å². The first-order valence-electron chi connectivity index (χ1n) is 5.30. The number of aromatic nitrogens is 2. The van der Waals surface area contributed by atoms with Crippen LogP contribution in [0.4, 0.5) is 5.95 Å². The minimum absolute atomic E-state index is 0.0273. The van der Waals surface area contributed by atoms with Crippen LogP contribution in [0, 0.1) is 0 Å². The molecule has 0 aliphatic heterocycles. The maximum Gasteiger partial charge on any atom is 0.243 e. The van der Waals surface area contributed by atoms with E-state index in [9.17, 15) is 8.42 Å². The van der Waals surface area contributed by atoms with Gasteiger partial charge in [0, 0.05) is 6.04 Å². The van der Waals surface area contributed by atoms with Crippen molar-refractivity contribution in [3.05, 3.63) is 12.4 Å². The fourth-order valence-corrected chi connectivity index (χ4v) is 2.52. The van der Waals surface area contributed by atoms with Crippen molar-refractivity contribution in [1.82, 2.24) is 14.7 Å². The quantitative estimate of drug-likeness (QED) is 0.498. The van der Waals surface area contributed by atoms with Gasteiger partial charge >= 0.3 is 0 Å². The van der Waals surface area contributed by atoms with Gasteiger partial charge < -0.3 is 0 Å². The summed E-state index contributed by atoms with van der Waals surface area (Å²) in [6, 6.07) is -0.114. The molecule has 1 aromatic rings. The second kappa shape index (κ2) is 5.89. The summed E-state index contributed by atoms with van der Waals surface area (Å²) in [6.07, 6.45) is 4.12. The van der Waals surface area contributed by atoms with Crippen LogP contribution in [-0.2, 0) is 10.0 Å². The van der Waals surface area contributed by atoms with Crippen molar-refractivity contribution < 1.29 is 8.42 Å². The Morgan fingerprint density at radius 3 is 2.47 bits per heavy atom. The Hall–Kier alpha value is -1.25. The minimum atomic E-state index is -3.55. The predicted molar refractivity (Wildman–Crippen MR) is 64.5 cm³/mol. The van der Waals surface area contributed by atoms with Crippen molar-refractivity contribution >= 4 is 16.0 Å². The molecule has 4 N–H and O–H groups in total. The van der Waals surface area contributed by atoms with Gasteiger partial charge in [-0.2, -0.15) is 0 Å². The summed E-state index contributed by atoms with van der Waals surface area (Å²) in [5.74, 6) is 5.26. The molecule has 0 spiro atoms. The summed E-state index contributed by atoms with van der Waals surface area (Å²) in [4.78, 5) is 7.53. The lowest BCUT2D eigenvalue weighted by Crippen LogP contribution is -2.32. The van der Waals surface area contributed by atoms with Gasteiger partial charge in [-0.05, 0) is 13.3 Å². The molecule has 0 aliphatic carbocycles. The average Bonchev–Trinajstić information content (AvgIpc) is 2.28. The molecule has 0 fully saturated rings. The molecule has 1 unspecified atom stereocenters. The Morgan fingerprint density at radius 2 is 2.00 bits per heavy atom. The van der Waals surface area contributed by atoms with Crippen molar-refractivity contribution in [3.8, 4) is 0 Å². The van der Waals surface area contributed by atoms with Crippen LogP contribution in [0.15, 0.2) is 17.3 Å². The fourth-order valence-electron chi connectivity index (χ4n) is 1.35. The molecule has 1 aromatic heterocycles. The van der Waals surface area contributed by atoms with Gasteiger partial charge in [-0.3, -0.25) is 5.43 Å². The first-order valence-corrected chi connectivity index (χ1v) is 6.79. The van der Waals surface area contributed by atoms with Crippen molar-refractivity contribution in [1.29, 1.82) is 0 Å². The van der Waals surface area contributed by atoms with Crippen LogP contribution in [0.5, 0.6) is 0 Å². The van der Waals surface area contributed by atoms with Crippen molar-refractivity contribution in [3.63, 3.8) is 0 Å².